The molecule has 0 aliphatic rings. The second kappa shape index (κ2) is 8.79. The fourth-order valence-corrected chi connectivity index (χ4v) is 3.78. The molecular weight excluding hydrogens is 483 g/mol. The van der Waals surface area contributed by atoms with Crippen LogP contribution in [0.2, 0.25) is 0 Å². The maximum Gasteiger partial charge on any atom is 0.264 e. The number of nitrogens with zero attached hydrogens (tertiary/aromatic N) is 3. The smallest absolute Gasteiger partial charge is 0.264 e. The van der Waals surface area contributed by atoms with Gasteiger partial charge in [0.15, 0.2) is 5.82 Å². The van der Waals surface area contributed by atoms with Crippen molar-refractivity contribution in [3.8, 4) is 5.75 Å². The molecule has 0 saturated heterocycles. The minimum Gasteiger partial charge on any atom is -0.495 e. The lowest BCUT2D eigenvalue weighted by Crippen LogP contribution is -2.26. The van der Waals surface area contributed by atoms with E-state index in [-0.39, 0.29) is 44.8 Å². The van der Waals surface area contributed by atoms with Crippen molar-refractivity contribution >= 4 is 49.2 Å². The van der Waals surface area contributed by atoms with Crippen LogP contribution in [0.5, 0.6) is 5.75 Å². The molecule has 2 heterocycles. The summed E-state index contributed by atoms with van der Waals surface area (Å²) in [5.41, 5.74) is 0.133. The number of aromatic nitrogens is 2. The van der Waals surface area contributed by atoms with E-state index in [9.17, 15) is 17.6 Å². The van der Waals surface area contributed by atoms with Crippen LogP contribution in [-0.2, 0) is 14.8 Å². The third kappa shape index (κ3) is 4.44. The maximum atomic E-state index is 14.2. The van der Waals surface area contributed by atoms with Crippen molar-refractivity contribution in [2.75, 3.05) is 16.7 Å². The first-order chi connectivity index (χ1) is 14.3. The summed E-state index contributed by atoms with van der Waals surface area (Å²) in [5, 5.41) is 3.49. The topological polar surface area (TPSA) is 115 Å². The summed E-state index contributed by atoms with van der Waals surface area (Å²) in [6.07, 6.45) is 2.39. The maximum absolute atomic E-state index is 14.2. The van der Waals surface area contributed by atoms with E-state index in [1.165, 1.54) is 37.6 Å². The summed E-state index contributed by atoms with van der Waals surface area (Å²) in [7, 11) is -2.59. The van der Waals surface area contributed by atoms with Gasteiger partial charge in [0.1, 0.15) is 28.5 Å². The van der Waals surface area contributed by atoms with Crippen LogP contribution in [0.4, 0.5) is 21.7 Å². The number of amides is 1. The third-order valence-corrected chi connectivity index (χ3v) is 5.90. The summed E-state index contributed by atoms with van der Waals surface area (Å²) >= 11 is 3.08. The van der Waals surface area contributed by atoms with Gasteiger partial charge in [0.25, 0.3) is 10.0 Å². The highest BCUT2D eigenvalue weighted by Crippen LogP contribution is 2.37. The number of methoxy groups -OCH3 is 1. The van der Waals surface area contributed by atoms with E-state index in [4.69, 9.17) is 4.74 Å². The Kier molecular flexibility index (Phi) is 6.37. The van der Waals surface area contributed by atoms with Crippen LogP contribution >= 0.6 is 15.9 Å². The van der Waals surface area contributed by atoms with E-state index in [1.54, 1.807) is 6.92 Å². The van der Waals surface area contributed by atoms with Crippen LogP contribution in [0.3, 0.4) is 0 Å². The van der Waals surface area contributed by atoms with Crippen molar-refractivity contribution in [3.05, 3.63) is 53.1 Å². The molecule has 0 spiro atoms. The molecule has 1 aromatic carbocycles. The number of carbonyl (C=O) groups excluding carboxylic acids is 1. The molecule has 0 atom stereocenters. The van der Waals surface area contributed by atoms with Gasteiger partial charge in [-0.3, -0.25) is 14.4 Å². The highest BCUT2D eigenvalue weighted by atomic mass is 79.9. The molecule has 0 saturated carbocycles. The van der Waals surface area contributed by atoms with Gasteiger partial charge in [0.2, 0.25) is 5.91 Å². The zero-order valence-electron chi connectivity index (χ0n) is 15.8. The normalized spacial score (nSPS) is 11.2. The van der Waals surface area contributed by atoms with Gasteiger partial charge in [0, 0.05) is 24.8 Å². The Balaban J connectivity index is 2.01. The molecule has 0 aliphatic heterocycles. The molecule has 158 valence electrons. The highest BCUT2D eigenvalue weighted by Gasteiger charge is 2.24. The van der Waals surface area contributed by atoms with E-state index in [0.717, 1.165) is 17.2 Å². The number of benzene rings is 1. The van der Waals surface area contributed by atoms with Crippen molar-refractivity contribution in [3.63, 3.8) is 0 Å². The van der Waals surface area contributed by atoms with Gasteiger partial charge in [-0.1, -0.05) is 12.1 Å². The predicted octanol–water partition coefficient (Wildman–Crippen LogP) is 3.86. The number of anilines is 3. The van der Waals surface area contributed by atoms with Gasteiger partial charge in [-0.2, -0.15) is 0 Å². The van der Waals surface area contributed by atoms with E-state index in [0.29, 0.717) is 0 Å². The van der Waals surface area contributed by atoms with Crippen LogP contribution < -0.4 is 14.4 Å². The lowest BCUT2D eigenvalue weighted by atomic mass is 10.2. The van der Waals surface area contributed by atoms with Gasteiger partial charge in [-0.05, 0) is 34.1 Å². The van der Waals surface area contributed by atoms with Crippen LogP contribution in [0, 0.1) is 5.82 Å². The minimum atomic E-state index is -3.97. The Morgan fingerprint density at radius 3 is 2.67 bits per heavy atom. The monoisotopic (exact) mass is 498 g/mol. The first kappa shape index (κ1) is 21.7. The summed E-state index contributed by atoms with van der Waals surface area (Å²) in [6.45, 7) is 1.64. The Morgan fingerprint density at radius 1 is 1.33 bits per heavy atom. The number of pyridine rings is 1. The molecule has 1 amide bonds. The van der Waals surface area contributed by atoms with Crippen molar-refractivity contribution in [2.24, 2.45) is 0 Å². The Bertz CT molecular complexity index is 1150. The molecular formula is C18H16BrFN4O5S. The van der Waals surface area contributed by atoms with Crippen LogP contribution in [0.15, 0.2) is 56.7 Å². The summed E-state index contributed by atoms with van der Waals surface area (Å²) in [6, 6.07) is 6.47. The molecule has 0 aliphatic carbocycles. The molecule has 1 N–H and O–H groups in total. The number of halogens is 2. The molecule has 0 radical (unpaired) electrons. The average Bonchev–Trinajstić information content (AvgIpc) is 3.23. The number of hydrogen-bond donors (Lipinski definition) is 1. The number of nitrogens with one attached hydrogen (secondary N) is 1. The van der Waals surface area contributed by atoms with E-state index in [2.05, 4.69) is 35.3 Å². The molecule has 0 bridgehead atoms. The fourth-order valence-electron chi connectivity index (χ4n) is 2.53. The molecule has 12 heteroatoms. The van der Waals surface area contributed by atoms with Crippen LogP contribution in [0.1, 0.15) is 13.3 Å². The molecule has 9 nitrogen and oxygen atoms in total. The van der Waals surface area contributed by atoms with E-state index < -0.39 is 15.8 Å². The predicted molar refractivity (Wildman–Crippen MR) is 110 cm³/mol. The van der Waals surface area contributed by atoms with Gasteiger partial charge >= 0.3 is 0 Å². The molecule has 3 rings (SSSR count). The second-order valence-corrected chi connectivity index (χ2v) is 8.40. The number of carbonyl (C=O) groups is 1. The standard InChI is InChI=1S/C18H16BrFN4O5S/c1-3-18(25)24(14-9-13(20)12(19)8-15(14)28-2)17-5-4-11(10-21-17)30(26,27)23-16-6-7-29-22-16/h4-10H,3H2,1-2H3,(H,22,23). The molecule has 30 heavy (non-hydrogen) atoms. The van der Waals surface area contributed by atoms with Crippen molar-refractivity contribution in [2.45, 2.75) is 18.2 Å². The first-order valence-electron chi connectivity index (χ1n) is 8.52. The quantitative estimate of drug-likeness (QED) is 0.525. The van der Waals surface area contributed by atoms with Gasteiger partial charge in [-0.25, -0.2) is 17.8 Å². The SMILES string of the molecule is CCC(=O)N(c1ccc(S(=O)(=O)Nc2ccon2)cn1)c1cc(F)c(Br)cc1OC. The van der Waals surface area contributed by atoms with Gasteiger partial charge < -0.3 is 9.26 Å². The Hall–Kier alpha value is -2.99. The van der Waals surface area contributed by atoms with E-state index >= 15 is 0 Å². The van der Waals surface area contributed by atoms with Gasteiger partial charge in [0.05, 0.1) is 17.3 Å². The zero-order chi connectivity index (χ0) is 21.9. The number of rotatable bonds is 7. The average molecular weight is 499 g/mol. The third-order valence-electron chi connectivity index (χ3n) is 3.95. The van der Waals surface area contributed by atoms with Crippen LogP contribution in [0.25, 0.3) is 0 Å². The number of hydrogen-bond acceptors (Lipinski definition) is 7. The fraction of sp³-hybridized carbons (Fsp3) is 0.167. The number of ether oxygens (including phenoxy) is 1. The highest BCUT2D eigenvalue weighted by molar-refractivity contribution is 9.10. The summed E-state index contributed by atoms with van der Waals surface area (Å²) < 4.78 is 51.3. The first-order valence-corrected chi connectivity index (χ1v) is 10.8. The molecule has 0 unspecified atom stereocenters. The Labute approximate surface area is 180 Å². The molecule has 3 aromatic rings. The minimum absolute atomic E-state index is 0.0111. The van der Waals surface area contributed by atoms with Crippen LogP contribution in [-0.4, -0.2) is 31.6 Å². The van der Waals surface area contributed by atoms with Crippen molar-refractivity contribution in [1.29, 1.82) is 0 Å². The summed E-state index contributed by atoms with van der Waals surface area (Å²) in [4.78, 5) is 17.7. The lowest BCUT2D eigenvalue weighted by Gasteiger charge is -2.24. The molecule has 2 aromatic heterocycles. The summed E-state index contributed by atoms with van der Waals surface area (Å²) in [5.74, 6) is -0.648. The van der Waals surface area contributed by atoms with Crippen molar-refractivity contribution < 1.29 is 26.9 Å². The zero-order valence-corrected chi connectivity index (χ0v) is 18.2. The lowest BCUT2D eigenvalue weighted by molar-refractivity contribution is -0.117. The second-order valence-electron chi connectivity index (χ2n) is 5.86. The van der Waals surface area contributed by atoms with Gasteiger partial charge in [-0.15, -0.1) is 0 Å². The van der Waals surface area contributed by atoms with Crippen molar-refractivity contribution in [1.82, 2.24) is 10.1 Å². The largest absolute Gasteiger partial charge is 0.495 e. The molecule has 0 fully saturated rings. The number of sulfonamides is 1. The Morgan fingerprint density at radius 2 is 2.10 bits per heavy atom. The van der Waals surface area contributed by atoms with E-state index in [1.807, 2.05) is 0 Å².